The van der Waals surface area contributed by atoms with Gasteiger partial charge in [0.25, 0.3) is 5.91 Å². The van der Waals surface area contributed by atoms with E-state index in [0.717, 1.165) is 25.8 Å². The fourth-order valence-corrected chi connectivity index (χ4v) is 3.24. The normalized spacial score (nSPS) is 17.6. The number of pyridine rings is 1. The quantitative estimate of drug-likeness (QED) is 0.704. The highest BCUT2D eigenvalue weighted by molar-refractivity contribution is 6.30. The molecular weight excluding hydrogens is 372 g/mol. The van der Waals surface area contributed by atoms with E-state index in [2.05, 4.69) is 20.4 Å². The van der Waals surface area contributed by atoms with Crippen LogP contribution in [-0.4, -0.2) is 58.3 Å². The van der Waals surface area contributed by atoms with E-state index in [4.69, 9.17) is 20.9 Å². The van der Waals surface area contributed by atoms with Gasteiger partial charge in [-0.15, -0.1) is 0 Å². The minimum absolute atomic E-state index is 0.119. The van der Waals surface area contributed by atoms with Gasteiger partial charge in [-0.2, -0.15) is 0 Å². The zero-order valence-corrected chi connectivity index (χ0v) is 15.7. The van der Waals surface area contributed by atoms with Crippen molar-refractivity contribution in [2.45, 2.75) is 31.9 Å². The summed E-state index contributed by atoms with van der Waals surface area (Å²) in [4.78, 5) is 18.3. The van der Waals surface area contributed by atoms with Gasteiger partial charge in [0.15, 0.2) is 11.5 Å². The summed E-state index contributed by atoms with van der Waals surface area (Å²) in [6.45, 7) is 2.41. The second kappa shape index (κ2) is 9.68. The zero-order valence-electron chi connectivity index (χ0n) is 14.9. The third kappa shape index (κ3) is 5.66. The Hall–Kier alpha value is -2.16. The summed E-state index contributed by atoms with van der Waals surface area (Å²) in [5, 5.41) is 16.5. The van der Waals surface area contributed by atoms with Crippen LogP contribution in [0.15, 0.2) is 29.0 Å². The number of rotatable bonds is 8. The SMILES string of the molecule is O=C(NCCN1CCCC[C@H]1CO)c1cc(COc2cncc(Cl)c2)on1. The molecule has 0 aromatic carbocycles. The molecule has 146 valence electrons. The molecular formula is C18H23ClN4O4. The minimum Gasteiger partial charge on any atom is -0.484 e. The molecule has 27 heavy (non-hydrogen) atoms. The Bertz CT molecular complexity index is 754. The van der Waals surface area contributed by atoms with Crippen molar-refractivity contribution in [1.29, 1.82) is 0 Å². The summed E-state index contributed by atoms with van der Waals surface area (Å²) in [5.41, 5.74) is 0.204. The number of hydrogen-bond acceptors (Lipinski definition) is 7. The van der Waals surface area contributed by atoms with Crippen LogP contribution >= 0.6 is 11.6 Å². The molecule has 3 heterocycles. The number of nitrogens with one attached hydrogen (secondary N) is 1. The van der Waals surface area contributed by atoms with E-state index in [0.29, 0.717) is 29.6 Å². The first-order chi connectivity index (χ1) is 13.2. The van der Waals surface area contributed by atoms with Crippen LogP contribution in [0.3, 0.4) is 0 Å². The highest BCUT2D eigenvalue weighted by atomic mass is 35.5. The summed E-state index contributed by atoms with van der Waals surface area (Å²) < 4.78 is 10.6. The topological polar surface area (TPSA) is 101 Å². The number of carbonyl (C=O) groups is 1. The molecule has 1 aliphatic rings. The molecule has 2 aromatic heterocycles. The molecule has 1 amide bonds. The number of ether oxygens (including phenoxy) is 1. The van der Waals surface area contributed by atoms with E-state index in [-0.39, 0.29) is 30.9 Å². The van der Waals surface area contributed by atoms with E-state index in [1.54, 1.807) is 12.1 Å². The van der Waals surface area contributed by atoms with E-state index in [1.807, 2.05) is 0 Å². The number of halogens is 1. The summed E-state index contributed by atoms with van der Waals surface area (Å²) in [6.07, 6.45) is 6.32. The van der Waals surface area contributed by atoms with Crippen molar-refractivity contribution in [1.82, 2.24) is 20.4 Å². The van der Waals surface area contributed by atoms with Crippen LogP contribution in [0.5, 0.6) is 5.75 Å². The van der Waals surface area contributed by atoms with Gasteiger partial charge in [0.05, 0.1) is 17.8 Å². The molecule has 0 unspecified atom stereocenters. The fraction of sp³-hybridized carbons (Fsp3) is 0.500. The third-order valence-electron chi connectivity index (χ3n) is 4.50. The van der Waals surface area contributed by atoms with Crippen molar-refractivity contribution >= 4 is 17.5 Å². The van der Waals surface area contributed by atoms with Crippen LogP contribution in [0, 0.1) is 0 Å². The lowest BCUT2D eigenvalue weighted by Crippen LogP contribution is -2.45. The largest absolute Gasteiger partial charge is 0.484 e. The molecule has 1 aliphatic heterocycles. The highest BCUT2D eigenvalue weighted by Gasteiger charge is 2.21. The van der Waals surface area contributed by atoms with Crippen molar-refractivity contribution < 1.29 is 19.2 Å². The van der Waals surface area contributed by atoms with Crippen LogP contribution in [0.1, 0.15) is 35.5 Å². The van der Waals surface area contributed by atoms with E-state index >= 15 is 0 Å². The Kier molecular flexibility index (Phi) is 7.03. The average Bonchev–Trinajstić information content (AvgIpc) is 3.16. The van der Waals surface area contributed by atoms with Crippen LogP contribution in [0.2, 0.25) is 5.02 Å². The monoisotopic (exact) mass is 394 g/mol. The number of likely N-dealkylation sites (tertiary alicyclic amines) is 1. The molecule has 0 saturated carbocycles. The van der Waals surface area contributed by atoms with Gasteiger partial charge in [-0.1, -0.05) is 23.2 Å². The second-order valence-electron chi connectivity index (χ2n) is 6.43. The lowest BCUT2D eigenvalue weighted by molar-refractivity contribution is 0.0845. The fourth-order valence-electron chi connectivity index (χ4n) is 3.08. The second-order valence-corrected chi connectivity index (χ2v) is 6.87. The number of hydrogen-bond donors (Lipinski definition) is 2. The van der Waals surface area contributed by atoms with Gasteiger partial charge in [0.1, 0.15) is 12.4 Å². The summed E-state index contributed by atoms with van der Waals surface area (Å²) in [5.74, 6) is 0.633. The average molecular weight is 395 g/mol. The van der Waals surface area contributed by atoms with Crippen molar-refractivity contribution in [2.75, 3.05) is 26.2 Å². The van der Waals surface area contributed by atoms with E-state index < -0.39 is 0 Å². The van der Waals surface area contributed by atoms with Crippen molar-refractivity contribution in [3.63, 3.8) is 0 Å². The van der Waals surface area contributed by atoms with Gasteiger partial charge in [-0.05, 0) is 19.4 Å². The molecule has 0 bridgehead atoms. The summed E-state index contributed by atoms with van der Waals surface area (Å²) >= 11 is 5.85. The van der Waals surface area contributed by atoms with Crippen LogP contribution in [0.4, 0.5) is 0 Å². The lowest BCUT2D eigenvalue weighted by Gasteiger charge is -2.34. The van der Waals surface area contributed by atoms with Crippen molar-refractivity contribution in [3.05, 3.63) is 41.0 Å². The molecule has 0 aliphatic carbocycles. The lowest BCUT2D eigenvalue weighted by atomic mass is 10.0. The molecule has 2 N–H and O–H groups in total. The van der Waals surface area contributed by atoms with Crippen molar-refractivity contribution in [3.8, 4) is 5.75 Å². The molecule has 8 nitrogen and oxygen atoms in total. The number of amides is 1. The molecule has 9 heteroatoms. The third-order valence-corrected chi connectivity index (χ3v) is 4.70. The van der Waals surface area contributed by atoms with Crippen LogP contribution < -0.4 is 10.1 Å². The van der Waals surface area contributed by atoms with Gasteiger partial charge < -0.3 is 19.7 Å². The number of carbonyl (C=O) groups excluding carboxylic acids is 1. The molecule has 0 spiro atoms. The molecule has 1 saturated heterocycles. The van der Waals surface area contributed by atoms with Crippen LogP contribution in [0.25, 0.3) is 0 Å². The Morgan fingerprint density at radius 2 is 2.30 bits per heavy atom. The standard InChI is InChI=1S/C18H23ClN4O4/c19-13-7-15(10-20-9-13)26-12-16-8-17(22-27-16)18(25)21-4-6-23-5-2-1-3-14(23)11-24/h7-10,14,24H,1-6,11-12H2,(H,21,25)/t14-/m0/s1. The predicted molar refractivity (Wildman–Crippen MR) is 98.7 cm³/mol. The van der Waals surface area contributed by atoms with Crippen molar-refractivity contribution in [2.24, 2.45) is 0 Å². The maximum absolute atomic E-state index is 12.2. The van der Waals surface area contributed by atoms with Gasteiger partial charge in [-0.25, -0.2) is 0 Å². The molecule has 1 fully saturated rings. The van der Waals surface area contributed by atoms with Gasteiger partial charge in [0, 0.05) is 37.5 Å². The zero-order chi connectivity index (χ0) is 19.1. The maximum atomic E-state index is 12.2. The Morgan fingerprint density at radius 1 is 1.41 bits per heavy atom. The molecule has 3 rings (SSSR count). The van der Waals surface area contributed by atoms with Gasteiger partial charge in [-0.3, -0.25) is 14.7 Å². The first-order valence-corrected chi connectivity index (χ1v) is 9.35. The van der Waals surface area contributed by atoms with Gasteiger partial charge >= 0.3 is 0 Å². The minimum atomic E-state index is -0.299. The molecule has 2 aromatic rings. The first kappa shape index (κ1) is 19.6. The Balaban J connectivity index is 1.44. The van der Waals surface area contributed by atoms with Crippen LogP contribution in [-0.2, 0) is 6.61 Å². The molecule has 1 atom stereocenters. The number of aliphatic hydroxyl groups is 1. The smallest absolute Gasteiger partial charge is 0.273 e. The molecule has 0 radical (unpaired) electrons. The Morgan fingerprint density at radius 3 is 3.11 bits per heavy atom. The number of piperidine rings is 1. The summed E-state index contributed by atoms with van der Waals surface area (Å²) in [7, 11) is 0. The van der Waals surface area contributed by atoms with E-state index in [9.17, 15) is 9.90 Å². The number of aliphatic hydroxyl groups excluding tert-OH is 1. The maximum Gasteiger partial charge on any atom is 0.273 e. The first-order valence-electron chi connectivity index (χ1n) is 8.98. The Labute approximate surface area is 162 Å². The predicted octanol–water partition coefficient (Wildman–Crippen LogP) is 1.88. The number of nitrogens with zero attached hydrogens (tertiary/aromatic N) is 3. The number of aromatic nitrogens is 2. The highest BCUT2D eigenvalue weighted by Crippen LogP contribution is 2.17. The summed E-state index contributed by atoms with van der Waals surface area (Å²) in [6, 6.07) is 3.37. The van der Waals surface area contributed by atoms with Gasteiger partial charge in [0.2, 0.25) is 0 Å². The van der Waals surface area contributed by atoms with E-state index in [1.165, 1.54) is 12.4 Å².